The molecule has 1 aliphatic rings. The lowest BCUT2D eigenvalue weighted by Crippen LogP contribution is -2.43. The molecule has 4 heterocycles. The average Bonchev–Trinajstić information content (AvgIpc) is 3.38. The summed E-state index contributed by atoms with van der Waals surface area (Å²) in [5, 5.41) is 8.98. The van der Waals surface area contributed by atoms with Gasteiger partial charge in [-0.25, -0.2) is 4.98 Å². The Morgan fingerprint density at radius 1 is 1.05 bits per heavy atom. The standard InChI is InChI=1S/C28H26N6O.CH2O2/c1-33-10-12-34(13-11-33)18-19-6-7-24-26(14-19)32-28(31-24)27(35)20-8-9-30-25(15-20)23-17-29-16-21-4-2-3-5-22(21)23;2-1-3/h2-9,14-17H,10-13,18H2,1H3,(H,31,32);1H,(H,2,3). The van der Waals surface area contributed by atoms with Gasteiger partial charge in [-0.1, -0.05) is 30.3 Å². The third-order valence-electron chi connectivity index (χ3n) is 6.73. The second-order valence-corrected chi connectivity index (χ2v) is 9.29. The number of hydrogen-bond donors (Lipinski definition) is 2. The van der Waals surface area contributed by atoms with Crippen molar-refractivity contribution in [3.63, 3.8) is 0 Å². The molecule has 0 spiro atoms. The maximum atomic E-state index is 13.3. The number of fused-ring (bicyclic) bond motifs is 2. The quantitative estimate of drug-likeness (QED) is 0.272. The summed E-state index contributed by atoms with van der Waals surface area (Å²) in [6.45, 7) is 4.97. The molecule has 0 amide bonds. The van der Waals surface area contributed by atoms with Crippen molar-refractivity contribution in [1.82, 2.24) is 29.7 Å². The Kier molecular flexibility index (Phi) is 7.48. The van der Waals surface area contributed by atoms with Crippen LogP contribution in [0.25, 0.3) is 33.1 Å². The molecule has 38 heavy (non-hydrogen) atoms. The summed E-state index contributed by atoms with van der Waals surface area (Å²) < 4.78 is 0. The van der Waals surface area contributed by atoms with Crippen LogP contribution in [0, 0.1) is 0 Å². The number of benzene rings is 2. The summed E-state index contributed by atoms with van der Waals surface area (Å²) in [4.78, 5) is 43.2. The van der Waals surface area contributed by atoms with Crippen LogP contribution in [0.2, 0.25) is 0 Å². The van der Waals surface area contributed by atoms with E-state index in [9.17, 15) is 4.79 Å². The van der Waals surface area contributed by atoms with Crippen molar-refractivity contribution in [3.05, 3.63) is 90.1 Å². The summed E-state index contributed by atoms with van der Waals surface area (Å²) in [6.07, 6.45) is 5.30. The van der Waals surface area contributed by atoms with Crippen molar-refractivity contribution >= 4 is 34.1 Å². The van der Waals surface area contributed by atoms with Gasteiger partial charge in [0.15, 0.2) is 5.82 Å². The van der Waals surface area contributed by atoms with Gasteiger partial charge in [0.25, 0.3) is 6.47 Å². The second-order valence-electron chi connectivity index (χ2n) is 9.29. The van der Waals surface area contributed by atoms with Crippen LogP contribution in [0.5, 0.6) is 0 Å². The van der Waals surface area contributed by atoms with E-state index in [4.69, 9.17) is 9.90 Å². The highest BCUT2D eigenvalue weighted by molar-refractivity contribution is 6.08. The fourth-order valence-corrected chi connectivity index (χ4v) is 4.70. The Labute approximate surface area is 219 Å². The molecule has 2 aromatic carbocycles. The number of H-pyrrole nitrogens is 1. The molecule has 1 fully saturated rings. The lowest BCUT2D eigenvalue weighted by molar-refractivity contribution is -0.122. The number of imidazole rings is 1. The fourth-order valence-electron chi connectivity index (χ4n) is 4.70. The van der Waals surface area contributed by atoms with Crippen molar-refractivity contribution in [2.45, 2.75) is 6.54 Å². The third kappa shape index (κ3) is 5.44. The van der Waals surface area contributed by atoms with E-state index < -0.39 is 0 Å². The number of hydrogen-bond acceptors (Lipinski definition) is 7. The first-order valence-electron chi connectivity index (χ1n) is 12.4. The Morgan fingerprint density at radius 3 is 2.66 bits per heavy atom. The van der Waals surface area contributed by atoms with Crippen LogP contribution in [0.1, 0.15) is 21.7 Å². The van der Waals surface area contributed by atoms with Crippen molar-refractivity contribution in [2.24, 2.45) is 0 Å². The summed E-state index contributed by atoms with van der Waals surface area (Å²) in [7, 11) is 2.16. The molecule has 2 N–H and O–H groups in total. The first kappa shape index (κ1) is 25.2. The number of carboxylic acid groups (broad SMARTS) is 1. The number of ketones is 1. The topological polar surface area (TPSA) is 115 Å². The number of likely N-dealkylation sites (N-methyl/N-ethyl adjacent to an activating group) is 1. The lowest BCUT2D eigenvalue weighted by atomic mass is 10.0. The molecule has 9 heteroatoms. The van der Waals surface area contributed by atoms with Gasteiger partial charge in [-0.05, 0) is 42.3 Å². The molecule has 5 aromatic rings. The minimum atomic E-state index is -0.250. The van der Waals surface area contributed by atoms with Crippen molar-refractivity contribution in [2.75, 3.05) is 33.2 Å². The fraction of sp³-hybridized carbons (Fsp3) is 0.207. The second kappa shape index (κ2) is 11.3. The van der Waals surface area contributed by atoms with Crippen LogP contribution in [0.15, 0.2) is 73.2 Å². The number of pyridine rings is 2. The Hall–Kier alpha value is -4.47. The van der Waals surface area contributed by atoms with Crippen LogP contribution in [0.3, 0.4) is 0 Å². The van der Waals surface area contributed by atoms with Gasteiger partial charge in [0.2, 0.25) is 5.78 Å². The minimum absolute atomic E-state index is 0.154. The number of nitrogens with one attached hydrogen (secondary N) is 1. The van der Waals surface area contributed by atoms with Crippen LogP contribution >= 0.6 is 0 Å². The molecule has 0 radical (unpaired) electrons. The first-order valence-corrected chi connectivity index (χ1v) is 12.4. The third-order valence-corrected chi connectivity index (χ3v) is 6.73. The number of aromatic nitrogens is 4. The predicted molar refractivity (Wildman–Crippen MR) is 146 cm³/mol. The molecule has 0 unspecified atom stereocenters. The van der Waals surface area contributed by atoms with Crippen LogP contribution in [-0.4, -0.2) is 80.3 Å². The number of aromatic amines is 1. The largest absolute Gasteiger partial charge is 0.483 e. The van der Waals surface area contributed by atoms with Crippen LogP contribution in [-0.2, 0) is 11.3 Å². The van der Waals surface area contributed by atoms with E-state index in [1.54, 1.807) is 18.5 Å². The van der Waals surface area contributed by atoms with Crippen LogP contribution < -0.4 is 0 Å². The molecule has 3 aromatic heterocycles. The normalized spacial score (nSPS) is 14.2. The van der Waals surface area contributed by atoms with Crippen LogP contribution in [0.4, 0.5) is 0 Å². The molecular weight excluding hydrogens is 480 g/mol. The van der Waals surface area contributed by atoms with Crippen molar-refractivity contribution in [1.29, 1.82) is 0 Å². The molecule has 6 rings (SSSR count). The summed E-state index contributed by atoms with van der Waals surface area (Å²) in [6, 6.07) is 17.8. The van der Waals surface area contributed by atoms with Crippen molar-refractivity contribution in [3.8, 4) is 11.3 Å². The number of rotatable bonds is 5. The zero-order chi connectivity index (χ0) is 26.5. The SMILES string of the molecule is CN1CCN(Cc2ccc3nc(C(=O)c4ccnc(-c5cncc6ccccc56)c4)[nH]c3c2)CC1.O=CO. The zero-order valence-electron chi connectivity index (χ0n) is 21.0. The number of piperazine rings is 1. The molecule has 0 aliphatic carbocycles. The molecule has 0 atom stereocenters. The maximum Gasteiger partial charge on any atom is 0.290 e. The monoisotopic (exact) mass is 508 g/mol. The summed E-state index contributed by atoms with van der Waals surface area (Å²) >= 11 is 0. The summed E-state index contributed by atoms with van der Waals surface area (Å²) in [5.74, 6) is 0.184. The van der Waals surface area contributed by atoms with Crippen molar-refractivity contribution < 1.29 is 14.7 Å². The van der Waals surface area contributed by atoms with E-state index in [0.717, 1.165) is 60.1 Å². The van der Waals surface area contributed by atoms with Gasteiger partial charge < -0.3 is 15.0 Å². The number of nitrogens with zero attached hydrogens (tertiary/aromatic N) is 5. The van der Waals surface area contributed by atoms with Gasteiger partial charge in [0.05, 0.1) is 16.7 Å². The predicted octanol–water partition coefficient (Wildman–Crippen LogP) is 3.85. The molecule has 1 aliphatic heterocycles. The van der Waals surface area contributed by atoms with E-state index in [1.807, 2.05) is 42.6 Å². The minimum Gasteiger partial charge on any atom is -0.483 e. The lowest BCUT2D eigenvalue weighted by Gasteiger charge is -2.32. The van der Waals surface area contributed by atoms with E-state index >= 15 is 0 Å². The summed E-state index contributed by atoms with van der Waals surface area (Å²) in [5.41, 5.74) is 5.05. The van der Waals surface area contributed by atoms with E-state index in [2.05, 4.69) is 48.9 Å². The average molecular weight is 509 g/mol. The van der Waals surface area contributed by atoms with E-state index in [0.29, 0.717) is 17.1 Å². The number of carbonyl (C=O) groups is 2. The van der Waals surface area contributed by atoms with E-state index in [1.165, 1.54) is 5.56 Å². The molecule has 9 nitrogen and oxygen atoms in total. The highest BCUT2D eigenvalue weighted by Crippen LogP contribution is 2.27. The number of carbonyl (C=O) groups excluding carboxylic acids is 1. The molecule has 0 saturated carbocycles. The molecular formula is C29H28N6O3. The Balaban J connectivity index is 0.000000937. The van der Waals surface area contributed by atoms with Gasteiger partial charge in [-0.2, -0.15) is 0 Å². The highest BCUT2D eigenvalue weighted by Gasteiger charge is 2.18. The Morgan fingerprint density at radius 2 is 1.84 bits per heavy atom. The van der Waals surface area contributed by atoms with Gasteiger partial charge in [-0.3, -0.25) is 24.5 Å². The smallest absolute Gasteiger partial charge is 0.290 e. The van der Waals surface area contributed by atoms with Gasteiger partial charge in [0.1, 0.15) is 0 Å². The van der Waals surface area contributed by atoms with Gasteiger partial charge in [0, 0.05) is 67.8 Å². The van der Waals surface area contributed by atoms with E-state index in [-0.39, 0.29) is 12.3 Å². The van der Waals surface area contributed by atoms with Gasteiger partial charge in [-0.15, -0.1) is 0 Å². The zero-order valence-corrected chi connectivity index (χ0v) is 21.0. The molecule has 0 bridgehead atoms. The maximum absolute atomic E-state index is 13.3. The Bertz CT molecular complexity index is 1580. The molecule has 192 valence electrons. The van der Waals surface area contributed by atoms with Gasteiger partial charge >= 0.3 is 0 Å². The highest BCUT2D eigenvalue weighted by atomic mass is 16.3. The first-order chi connectivity index (χ1) is 18.6. The molecule has 1 saturated heterocycles.